The van der Waals surface area contributed by atoms with E-state index < -0.39 is 18.1 Å². The van der Waals surface area contributed by atoms with Crippen LogP contribution >= 0.6 is 0 Å². The number of nitrogens with one attached hydrogen (secondary N) is 2. The second kappa shape index (κ2) is 8.03. The Balaban J connectivity index is 1.69. The first-order valence-corrected chi connectivity index (χ1v) is 8.61. The highest BCUT2D eigenvalue weighted by Crippen LogP contribution is 2.33. The lowest BCUT2D eigenvalue weighted by atomic mass is 9.96. The first-order valence-electron chi connectivity index (χ1n) is 8.61. The van der Waals surface area contributed by atoms with Crippen molar-refractivity contribution in [2.45, 2.75) is 50.6 Å². The molecule has 2 N–H and O–H groups in total. The number of urea groups is 1. The number of halogens is 3. The lowest BCUT2D eigenvalue weighted by molar-refractivity contribution is -0.274. The van der Waals surface area contributed by atoms with Crippen LogP contribution in [-0.4, -0.2) is 37.8 Å². The summed E-state index contributed by atoms with van der Waals surface area (Å²) >= 11 is 0. The monoisotopic (exact) mass is 374 g/mol. The van der Waals surface area contributed by atoms with E-state index in [0.29, 0.717) is 13.2 Å². The van der Waals surface area contributed by atoms with Gasteiger partial charge >= 0.3 is 12.4 Å². The van der Waals surface area contributed by atoms with Gasteiger partial charge < -0.3 is 24.8 Å². The van der Waals surface area contributed by atoms with Crippen molar-refractivity contribution in [3.05, 3.63) is 18.2 Å². The molecule has 6 nitrogen and oxygen atoms in total. The fourth-order valence-electron chi connectivity index (χ4n) is 2.96. The minimum absolute atomic E-state index is 0.0720. The molecule has 0 radical (unpaired) electrons. The molecule has 2 amide bonds. The van der Waals surface area contributed by atoms with E-state index in [1.54, 1.807) is 0 Å². The highest BCUT2D eigenvalue weighted by Gasteiger charge is 2.32. The van der Waals surface area contributed by atoms with Crippen molar-refractivity contribution in [2.75, 3.05) is 18.5 Å². The van der Waals surface area contributed by atoms with Crippen LogP contribution in [0.25, 0.3) is 0 Å². The number of benzene rings is 1. The Morgan fingerprint density at radius 1 is 1.15 bits per heavy atom. The number of anilines is 1. The summed E-state index contributed by atoms with van der Waals surface area (Å²) in [6, 6.07) is 3.18. The van der Waals surface area contributed by atoms with Gasteiger partial charge in [-0.25, -0.2) is 4.79 Å². The number of carbonyl (C=O) groups is 1. The SMILES string of the molecule is O=C(Nc1cc(OC(F)(F)F)ccc1OC1COC1)NC1CCCCC1. The van der Waals surface area contributed by atoms with Crippen LogP contribution in [-0.2, 0) is 4.74 Å². The van der Waals surface area contributed by atoms with Crippen LogP contribution in [0.15, 0.2) is 18.2 Å². The van der Waals surface area contributed by atoms with Crippen LogP contribution in [0.1, 0.15) is 32.1 Å². The molecule has 2 fully saturated rings. The van der Waals surface area contributed by atoms with Crippen molar-refractivity contribution in [3.63, 3.8) is 0 Å². The van der Waals surface area contributed by atoms with Crippen molar-refractivity contribution >= 4 is 11.7 Å². The smallest absolute Gasteiger partial charge is 0.483 e. The highest BCUT2D eigenvalue weighted by atomic mass is 19.4. The maximum Gasteiger partial charge on any atom is 0.573 e. The molecule has 144 valence electrons. The Hall–Kier alpha value is -2.16. The van der Waals surface area contributed by atoms with Gasteiger partial charge in [-0.05, 0) is 25.0 Å². The Morgan fingerprint density at radius 2 is 1.88 bits per heavy atom. The van der Waals surface area contributed by atoms with E-state index in [1.807, 2.05) is 0 Å². The maximum absolute atomic E-state index is 12.4. The Bertz CT molecular complexity index is 629. The molecule has 0 unspecified atom stereocenters. The largest absolute Gasteiger partial charge is 0.573 e. The molecule has 1 aromatic rings. The van der Waals surface area contributed by atoms with Crippen LogP contribution in [0.2, 0.25) is 0 Å². The number of alkyl halides is 3. The number of carbonyl (C=O) groups excluding carboxylic acids is 1. The van der Waals surface area contributed by atoms with E-state index in [-0.39, 0.29) is 23.6 Å². The summed E-state index contributed by atoms with van der Waals surface area (Å²) in [6.45, 7) is 0.795. The summed E-state index contributed by atoms with van der Waals surface area (Å²) in [6.07, 6.45) is 0.0441. The molecule has 1 saturated heterocycles. The summed E-state index contributed by atoms with van der Waals surface area (Å²) in [4.78, 5) is 12.2. The Kier molecular flexibility index (Phi) is 5.75. The minimum Gasteiger partial charge on any atom is -0.483 e. The maximum atomic E-state index is 12.4. The van der Waals surface area contributed by atoms with Crippen molar-refractivity contribution in [1.82, 2.24) is 5.32 Å². The van der Waals surface area contributed by atoms with Gasteiger partial charge in [0.2, 0.25) is 0 Å². The van der Waals surface area contributed by atoms with Gasteiger partial charge in [0.1, 0.15) is 17.6 Å². The van der Waals surface area contributed by atoms with Crippen molar-refractivity contribution in [3.8, 4) is 11.5 Å². The van der Waals surface area contributed by atoms with Crippen LogP contribution in [0.4, 0.5) is 23.7 Å². The third-order valence-electron chi connectivity index (χ3n) is 4.27. The molecule has 1 aromatic carbocycles. The van der Waals surface area contributed by atoms with Gasteiger partial charge in [0.05, 0.1) is 18.9 Å². The summed E-state index contributed by atoms with van der Waals surface area (Å²) in [5.41, 5.74) is 0.118. The predicted octanol–water partition coefficient (Wildman–Crippen LogP) is 3.82. The third kappa shape index (κ3) is 5.42. The molecule has 0 bridgehead atoms. The van der Waals surface area contributed by atoms with Crippen LogP contribution < -0.4 is 20.1 Å². The minimum atomic E-state index is -4.81. The van der Waals surface area contributed by atoms with Crippen molar-refractivity contribution in [1.29, 1.82) is 0 Å². The highest BCUT2D eigenvalue weighted by molar-refractivity contribution is 5.91. The molecule has 1 aliphatic carbocycles. The average molecular weight is 374 g/mol. The van der Waals surface area contributed by atoms with Gasteiger partial charge in [-0.15, -0.1) is 13.2 Å². The molecule has 1 heterocycles. The molecule has 3 rings (SSSR count). The first kappa shape index (κ1) is 18.6. The van der Waals surface area contributed by atoms with Gasteiger partial charge in [-0.2, -0.15) is 0 Å². The van der Waals surface area contributed by atoms with Gasteiger partial charge in [-0.1, -0.05) is 19.3 Å². The van der Waals surface area contributed by atoms with E-state index in [0.717, 1.165) is 44.2 Å². The van der Waals surface area contributed by atoms with Gasteiger partial charge in [0.15, 0.2) is 0 Å². The van der Waals surface area contributed by atoms with Crippen molar-refractivity contribution < 1.29 is 32.2 Å². The van der Waals surface area contributed by atoms with Crippen molar-refractivity contribution in [2.24, 2.45) is 0 Å². The summed E-state index contributed by atoms with van der Waals surface area (Å²) in [7, 11) is 0. The zero-order chi connectivity index (χ0) is 18.6. The Morgan fingerprint density at radius 3 is 2.50 bits per heavy atom. The molecular weight excluding hydrogens is 353 g/mol. The Labute approximate surface area is 149 Å². The zero-order valence-corrected chi connectivity index (χ0v) is 14.1. The zero-order valence-electron chi connectivity index (χ0n) is 14.1. The normalized spacial score (nSPS) is 18.7. The van der Waals surface area contributed by atoms with Gasteiger partial charge in [0, 0.05) is 12.1 Å². The molecule has 9 heteroatoms. The molecule has 2 aliphatic rings. The van der Waals surface area contributed by atoms with Crippen LogP contribution in [0, 0.1) is 0 Å². The average Bonchev–Trinajstić information content (AvgIpc) is 2.52. The van der Waals surface area contributed by atoms with Crippen LogP contribution in [0.3, 0.4) is 0 Å². The second-order valence-electron chi connectivity index (χ2n) is 6.42. The molecular formula is C17H21F3N2O4. The molecule has 0 atom stereocenters. The van der Waals surface area contributed by atoms with Gasteiger partial charge in [0.25, 0.3) is 0 Å². The number of amides is 2. The first-order chi connectivity index (χ1) is 12.4. The lowest BCUT2D eigenvalue weighted by Crippen LogP contribution is -2.40. The summed E-state index contributed by atoms with van der Waals surface area (Å²) < 4.78 is 51.9. The fraction of sp³-hybridized carbons (Fsp3) is 0.588. The number of ether oxygens (including phenoxy) is 3. The molecule has 1 aliphatic heterocycles. The lowest BCUT2D eigenvalue weighted by Gasteiger charge is -2.28. The number of rotatable bonds is 5. The number of hydrogen-bond donors (Lipinski definition) is 2. The van der Waals surface area contributed by atoms with E-state index in [4.69, 9.17) is 9.47 Å². The molecule has 1 saturated carbocycles. The predicted molar refractivity (Wildman–Crippen MR) is 87.4 cm³/mol. The number of hydrogen-bond acceptors (Lipinski definition) is 4. The summed E-state index contributed by atoms with van der Waals surface area (Å²) in [5, 5.41) is 5.42. The molecule has 0 aromatic heterocycles. The van der Waals surface area contributed by atoms with Gasteiger partial charge in [-0.3, -0.25) is 0 Å². The van der Waals surface area contributed by atoms with E-state index in [1.165, 1.54) is 6.07 Å². The third-order valence-corrected chi connectivity index (χ3v) is 4.27. The van der Waals surface area contributed by atoms with E-state index in [9.17, 15) is 18.0 Å². The standard InChI is InChI=1S/C17H21F3N2O4/c18-17(19,20)26-12-6-7-15(25-13-9-24-10-13)14(8-12)22-16(23)21-11-4-2-1-3-5-11/h6-8,11,13H,1-5,9-10H2,(H2,21,22,23). The quantitative estimate of drug-likeness (QED) is 0.822. The second-order valence-corrected chi connectivity index (χ2v) is 6.42. The molecule has 0 spiro atoms. The molecule has 26 heavy (non-hydrogen) atoms. The topological polar surface area (TPSA) is 68.8 Å². The van der Waals surface area contributed by atoms with Crippen LogP contribution in [0.5, 0.6) is 11.5 Å². The fourth-order valence-corrected chi connectivity index (χ4v) is 2.96. The van der Waals surface area contributed by atoms with E-state index in [2.05, 4.69) is 15.4 Å². The summed E-state index contributed by atoms with van der Waals surface area (Å²) in [5.74, 6) is -0.158. The van der Waals surface area contributed by atoms with E-state index >= 15 is 0 Å².